The Kier molecular flexibility index (Phi) is 4.00. The average molecular weight is 335 g/mol. The molecule has 0 aliphatic rings. The highest BCUT2D eigenvalue weighted by atomic mass is 19.3. The van der Waals surface area contributed by atoms with E-state index in [0.29, 0.717) is 13.1 Å². The monoisotopic (exact) mass is 335 g/mol. The van der Waals surface area contributed by atoms with Crippen molar-refractivity contribution < 1.29 is 8.78 Å². The summed E-state index contributed by atoms with van der Waals surface area (Å²) in [5.41, 5.74) is -0.887. The number of aromatic amines is 1. The molecule has 3 aromatic heterocycles. The summed E-state index contributed by atoms with van der Waals surface area (Å²) >= 11 is 0. The highest BCUT2D eigenvalue weighted by Gasteiger charge is 2.22. The number of imidazole rings is 1. The maximum atomic E-state index is 13.3. The summed E-state index contributed by atoms with van der Waals surface area (Å²) in [4.78, 5) is 34.5. The minimum absolute atomic E-state index is 0.181. The molecule has 0 saturated carbocycles. The van der Waals surface area contributed by atoms with Crippen LogP contribution in [0.15, 0.2) is 28.0 Å². The van der Waals surface area contributed by atoms with Crippen molar-refractivity contribution in [3.63, 3.8) is 0 Å². The zero-order chi connectivity index (χ0) is 17.4. The van der Waals surface area contributed by atoms with E-state index in [-0.39, 0.29) is 28.1 Å². The van der Waals surface area contributed by atoms with Crippen LogP contribution in [0.4, 0.5) is 8.78 Å². The molecule has 0 aliphatic carbocycles. The number of rotatable bonds is 4. The molecule has 0 fully saturated rings. The van der Waals surface area contributed by atoms with Gasteiger partial charge in [-0.3, -0.25) is 19.3 Å². The molecule has 3 heterocycles. The van der Waals surface area contributed by atoms with Gasteiger partial charge in [-0.15, -0.1) is 0 Å². The van der Waals surface area contributed by atoms with Crippen LogP contribution in [0.1, 0.15) is 25.8 Å². The van der Waals surface area contributed by atoms with E-state index in [4.69, 9.17) is 0 Å². The van der Waals surface area contributed by atoms with E-state index in [9.17, 15) is 18.4 Å². The fraction of sp³-hybridized carbons (Fsp3) is 0.333. The molecule has 24 heavy (non-hydrogen) atoms. The van der Waals surface area contributed by atoms with Gasteiger partial charge in [0.15, 0.2) is 11.2 Å². The Morgan fingerprint density at radius 2 is 1.92 bits per heavy atom. The molecule has 0 atom stereocenters. The number of nitrogens with one attached hydrogen (secondary N) is 1. The van der Waals surface area contributed by atoms with Gasteiger partial charge >= 0.3 is 5.69 Å². The lowest BCUT2D eigenvalue weighted by molar-refractivity contribution is 0.151. The largest absolute Gasteiger partial charge is 0.330 e. The Balaban J connectivity index is 2.45. The summed E-state index contributed by atoms with van der Waals surface area (Å²) in [5, 5.41) is 0. The molecule has 0 spiro atoms. The number of pyridine rings is 1. The van der Waals surface area contributed by atoms with Gasteiger partial charge in [-0.2, -0.15) is 0 Å². The van der Waals surface area contributed by atoms with E-state index in [1.807, 2.05) is 0 Å². The number of H-pyrrole nitrogens is 1. The molecule has 0 radical (unpaired) electrons. The predicted octanol–water partition coefficient (Wildman–Crippen LogP) is 1.93. The third-order valence-electron chi connectivity index (χ3n) is 3.85. The first-order valence-corrected chi connectivity index (χ1v) is 7.45. The quantitative estimate of drug-likeness (QED) is 0.789. The van der Waals surface area contributed by atoms with Gasteiger partial charge in [-0.1, -0.05) is 0 Å². The number of hydrogen-bond acceptors (Lipinski definition) is 4. The topological polar surface area (TPSA) is 85.6 Å². The number of halogens is 2. The molecule has 9 heteroatoms. The summed E-state index contributed by atoms with van der Waals surface area (Å²) in [5.74, 6) is 0.212. The van der Waals surface area contributed by atoms with Crippen molar-refractivity contribution in [3.05, 3.63) is 44.9 Å². The third kappa shape index (κ3) is 2.32. The van der Waals surface area contributed by atoms with Gasteiger partial charge < -0.3 is 4.57 Å². The molecular formula is C15H15F2N5O2. The summed E-state index contributed by atoms with van der Waals surface area (Å²) in [6.07, 6.45) is -0.265. The summed E-state index contributed by atoms with van der Waals surface area (Å²) in [6, 6.07) is 1.43. The summed E-state index contributed by atoms with van der Waals surface area (Å²) in [7, 11) is 0. The third-order valence-corrected chi connectivity index (χ3v) is 3.85. The van der Waals surface area contributed by atoms with Gasteiger partial charge in [-0.25, -0.2) is 18.6 Å². The summed E-state index contributed by atoms with van der Waals surface area (Å²) in [6.45, 7) is 4.14. The minimum atomic E-state index is -2.73. The number of hydrogen-bond donors (Lipinski definition) is 1. The normalized spacial score (nSPS) is 11.5. The lowest BCUT2D eigenvalue weighted by Gasteiger charge is -2.09. The van der Waals surface area contributed by atoms with E-state index in [1.54, 1.807) is 13.8 Å². The molecule has 0 saturated heterocycles. The van der Waals surface area contributed by atoms with Crippen LogP contribution in [-0.4, -0.2) is 24.1 Å². The second-order valence-electron chi connectivity index (χ2n) is 5.12. The Morgan fingerprint density at radius 1 is 1.21 bits per heavy atom. The maximum absolute atomic E-state index is 13.3. The van der Waals surface area contributed by atoms with Crippen LogP contribution in [0.5, 0.6) is 0 Å². The molecule has 0 bridgehead atoms. The molecule has 0 unspecified atom stereocenters. The van der Waals surface area contributed by atoms with Crippen LogP contribution in [0, 0.1) is 0 Å². The molecule has 3 rings (SSSR count). The second-order valence-corrected chi connectivity index (χ2v) is 5.12. The molecule has 0 aromatic carbocycles. The van der Waals surface area contributed by atoms with Crippen molar-refractivity contribution >= 4 is 11.2 Å². The highest BCUT2D eigenvalue weighted by molar-refractivity contribution is 5.77. The number of fused-ring (bicyclic) bond motifs is 1. The summed E-state index contributed by atoms with van der Waals surface area (Å²) < 4.78 is 29.4. The van der Waals surface area contributed by atoms with Crippen molar-refractivity contribution in [2.45, 2.75) is 33.4 Å². The lowest BCUT2D eigenvalue weighted by atomic mass is 10.1. The van der Waals surface area contributed by atoms with Crippen molar-refractivity contribution in [2.24, 2.45) is 0 Å². The first-order valence-electron chi connectivity index (χ1n) is 7.45. The van der Waals surface area contributed by atoms with Crippen molar-refractivity contribution in [2.75, 3.05) is 0 Å². The number of nitrogens with zero attached hydrogens (tertiary/aromatic N) is 4. The number of aryl methyl sites for hydroxylation is 2. The SMILES string of the molecule is CCn1c(-c2ccncc2C(F)F)nc2c1c(=O)[nH]c(=O)n2CC. The Hall–Kier alpha value is -2.84. The highest BCUT2D eigenvalue weighted by Crippen LogP contribution is 2.31. The lowest BCUT2D eigenvalue weighted by Crippen LogP contribution is -2.30. The van der Waals surface area contributed by atoms with Crippen LogP contribution in [0.3, 0.4) is 0 Å². The smallest absolute Gasteiger partial charge is 0.318 e. The van der Waals surface area contributed by atoms with Gasteiger partial charge in [0.25, 0.3) is 12.0 Å². The van der Waals surface area contributed by atoms with Crippen LogP contribution in [-0.2, 0) is 13.1 Å². The Morgan fingerprint density at radius 3 is 2.54 bits per heavy atom. The van der Waals surface area contributed by atoms with Crippen molar-refractivity contribution in [3.8, 4) is 11.4 Å². The Labute approximate surface area is 134 Å². The number of alkyl halides is 2. The molecule has 0 amide bonds. The van der Waals surface area contributed by atoms with Crippen LogP contribution >= 0.6 is 0 Å². The van der Waals surface area contributed by atoms with Gasteiger partial charge in [-0.05, 0) is 19.9 Å². The maximum Gasteiger partial charge on any atom is 0.330 e. The average Bonchev–Trinajstić information content (AvgIpc) is 2.94. The minimum Gasteiger partial charge on any atom is -0.318 e. The molecular weight excluding hydrogens is 320 g/mol. The van der Waals surface area contributed by atoms with Gasteiger partial charge in [0.05, 0.1) is 0 Å². The van der Waals surface area contributed by atoms with Gasteiger partial charge in [0, 0.05) is 36.6 Å². The molecule has 0 aliphatic heterocycles. The fourth-order valence-electron chi connectivity index (χ4n) is 2.76. The van der Waals surface area contributed by atoms with Crippen LogP contribution in [0.2, 0.25) is 0 Å². The van der Waals surface area contributed by atoms with E-state index < -0.39 is 17.7 Å². The predicted molar refractivity (Wildman–Crippen MR) is 84.1 cm³/mol. The molecule has 3 aromatic rings. The second kappa shape index (κ2) is 5.99. The number of aromatic nitrogens is 5. The fourth-order valence-corrected chi connectivity index (χ4v) is 2.76. The van der Waals surface area contributed by atoms with E-state index in [2.05, 4.69) is 15.0 Å². The van der Waals surface area contributed by atoms with E-state index >= 15 is 0 Å². The first kappa shape index (κ1) is 16.0. The standard InChI is InChI=1S/C15H15F2N5O2/c1-3-21-10-13(22(4-2)15(24)20-14(10)23)19-12(21)8-5-6-18-7-9(8)11(16)17/h5-7,11H,3-4H2,1-2H3,(H,20,23,24). The zero-order valence-electron chi connectivity index (χ0n) is 13.1. The van der Waals surface area contributed by atoms with Gasteiger partial charge in [0.2, 0.25) is 0 Å². The Bertz CT molecular complexity index is 1020. The van der Waals surface area contributed by atoms with Crippen LogP contribution < -0.4 is 11.2 Å². The van der Waals surface area contributed by atoms with Gasteiger partial charge in [0.1, 0.15) is 5.82 Å². The molecule has 7 nitrogen and oxygen atoms in total. The van der Waals surface area contributed by atoms with Crippen LogP contribution in [0.25, 0.3) is 22.6 Å². The van der Waals surface area contributed by atoms with E-state index in [1.165, 1.54) is 21.4 Å². The zero-order valence-corrected chi connectivity index (χ0v) is 13.1. The van der Waals surface area contributed by atoms with Crippen molar-refractivity contribution in [1.82, 2.24) is 24.1 Å². The molecule has 126 valence electrons. The van der Waals surface area contributed by atoms with E-state index in [0.717, 1.165) is 6.20 Å². The van der Waals surface area contributed by atoms with Crippen molar-refractivity contribution in [1.29, 1.82) is 0 Å². The molecule has 1 N–H and O–H groups in total. The first-order chi connectivity index (χ1) is 11.5.